The average molecular weight is 731 g/mol. The first-order valence-corrected chi connectivity index (χ1v) is 18.7. The highest BCUT2D eigenvalue weighted by Crippen LogP contribution is 2.54. The summed E-state index contributed by atoms with van der Waals surface area (Å²) >= 11 is 0. The molecule has 5 aliphatic rings. The lowest BCUT2D eigenvalue weighted by molar-refractivity contribution is -0.0601. The molecule has 3 N–H and O–H groups in total. The van der Waals surface area contributed by atoms with Gasteiger partial charge < -0.3 is 32.7 Å². The number of nitrogens with zero attached hydrogens (tertiary/aromatic N) is 7. The Balaban J connectivity index is 1.00. The lowest BCUT2D eigenvalue weighted by Crippen LogP contribution is -2.38. The standard InChI is InChI=1S/C25H26B2FN9O11P2/c26-49(39)44-8-14-20(18(38)25(46-14)37-22-15-10(32-37)2-5-41-34-12(15)1-4-29-22)48-50(27,40)43-7-13-19(47-49)17(28)24(45-13)36-23-16-11(33-36)3-6-42-35-21(16)30-9-31-23/h1,4,9,13-14,17-20,24-25,34,38H,2-3,5-8H2,(H,30,31,35)/t13-,14-,17?,18+,19+,20?,24-,25-,49?,50?/m1/s1. The SMILES string of the molecule is [B]P1(=O)OC[C@H]2O[C@@H](n3nc4c5c(ncnc53)NOCC4)C(F)[C@H]2OP([B])(=O)OC[C@H]2O[C@@H](n3nc4c5c(ccnc53)NOCC4)[C@@H](O)C2O1. The first-order chi connectivity index (χ1) is 24.1. The average Bonchev–Trinajstić information content (AvgIpc) is 3.71. The number of aliphatic hydroxyl groups is 1. The van der Waals surface area contributed by atoms with E-state index in [0.717, 1.165) is 0 Å². The fraction of sp³-hybridized carbons (Fsp3) is 0.560. The van der Waals surface area contributed by atoms with Gasteiger partial charge in [-0.15, -0.1) is 0 Å². The zero-order valence-electron chi connectivity index (χ0n) is 25.7. The summed E-state index contributed by atoms with van der Waals surface area (Å²) < 4.78 is 80.1. The molecular weight excluding hydrogens is 705 g/mol. The number of anilines is 2. The Morgan fingerprint density at radius 3 is 2.22 bits per heavy atom. The van der Waals surface area contributed by atoms with Crippen molar-refractivity contribution in [3.63, 3.8) is 0 Å². The maximum Gasteiger partial charge on any atom is 0.264 e. The van der Waals surface area contributed by atoms with Crippen molar-refractivity contribution in [1.82, 2.24) is 34.5 Å². The summed E-state index contributed by atoms with van der Waals surface area (Å²) in [4.78, 5) is 23.5. The maximum atomic E-state index is 16.3. The van der Waals surface area contributed by atoms with Gasteiger partial charge in [-0.25, -0.2) is 34.2 Å². The lowest BCUT2D eigenvalue weighted by Gasteiger charge is -2.30. The second-order valence-corrected chi connectivity index (χ2v) is 15.1. The predicted octanol–water partition coefficient (Wildman–Crippen LogP) is 0.935. The van der Waals surface area contributed by atoms with E-state index in [4.69, 9.17) is 52.4 Å². The van der Waals surface area contributed by atoms with Crippen molar-refractivity contribution in [2.75, 3.05) is 37.4 Å². The molecular formula is C25H26B2FN9O11P2. The van der Waals surface area contributed by atoms with Crippen LogP contribution in [0, 0.1) is 0 Å². The number of aromatic nitrogens is 7. The van der Waals surface area contributed by atoms with Crippen LogP contribution in [0.1, 0.15) is 23.8 Å². The summed E-state index contributed by atoms with van der Waals surface area (Å²) in [6, 6.07) is 1.70. The number of pyridine rings is 1. The molecule has 260 valence electrons. The van der Waals surface area contributed by atoms with Crippen molar-refractivity contribution < 1.29 is 55.9 Å². The molecule has 3 fully saturated rings. The Hall–Kier alpha value is -3.07. The third-order valence-electron chi connectivity index (χ3n) is 8.89. The van der Waals surface area contributed by atoms with Crippen molar-refractivity contribution in [2.45, 2.75) is 62.0 Å². The minimum atomic E-state index is -4.58. The molecule has 9 heterocycles. The van der Waals surface area contributed by atoms with Crippen LogP contribution in [0.3, 0.4) is 0 Å². The molecule has 0 aliphatic carbocycles. The van der Waals surface area contributed by atoms with Gasteiger partial charge in [-0.2, -0.15) is 10.2 Å². The molecule has 0 aromatic carbocycles. The first kappa shape index (κ1) is 32.8. The molecule has 9 rings (SSSR count). The Morgan fingerprint density at radius 1 is 0.840 bits per heavy atom. The first-order valence-electron chi connectivity index (χ1n) is 15.5. The molecule has 0 saturated carbocycles. The molecule has 0 spiro atoms. The molecule has 3 saturated heterocycles. The molecule has 10 atom stereocenters. The third-order valence-corrected chi connectivity index (χ3v) is 11.0. The molecule has 4 unspecified atom stereocenters. The van der Waals surface area contributed by atoms with Gasteiger partial charge in [-0.3, -0.25) is 24.3 Å². The quantitative estimate of drug-likeness (QED) is 0.193. The number of hydrogen-bond acceptors (Lipinski definition) is 18. The van der Waals surface area contributed by atoms with Gasteiger partial charge in [0.15, 0.2) is 35.7 Å². The smallest absolute Gasteiger partial charge is 0.264 e. The third kappa shape index (κ3) is 5.56. The molecule has 4 aromatic rings. The van der Waals surface area contributed by atoms with E-state index >= 15 is 4.39 Å². The molecule has 4 radical (unpaired) electrons. The van der Waals surface area contributed by atoms with Crippen LogP contribution in [0.4, 0.5) is 15.9 Å². The number of alkyl halides is 1. The van der Waals surface area contributed by atoms with Gasteiger partial charge in [-0.1, -0.05) is 0 Å². The molecule has 5 aliphatic heterocycles. The van der Waals surface area contributed by atoms with Crippen LogP contribution in [0.5, 0.6) is 0 Å². The molecule has 0 bridgehead atoms. The van der Waals surface area contributed by atoms with E-state index in [1.165, 1.54) is 21.9 Å². The van der Waals surface area contributed by atoms with Crippen LogP contribution in [-0.2, 0) is 59.2 Å². The van der Waals surface area contributed by atoms with Crippen LogP contribution in [0.25, 0.3) is 22.1 Å². The lowest BCUT2D eigenvalue weighted by atomic mass is 10.1. The predicted molar refractivity (Wildman–Crippen MR) is 167 cm³/mol. The number of ether oxygens (including phenoxy) is 2. The number of halogens is 1. The van der Waals surface area contributed by atoms with E-state index in [0.29, 0.717) is 58.8 Å². The van der Waals surface area contributed by atoms with Crippen molar-refractivity contribution in [3.05, 3.63) is 30.0 Å². The van der Waals surface area contributed by atoms with Gasteiger partial charge >= 0.3 is 0 Å². The monoisotopic (exact) mass is 731 g/mol. The Kier molecular flexibility index (Phi) is 8.05. The Labute approximate surface area is 283 Å². The van der Waals surface area contributed by atoms with Gasteiger partial charge in [0, 0.05) is 19.0 Å². The Morgan fingerprint density at radius 2 is 1.46 bits per heavy atom. The molecule has 4 aromatic heterocycles. The van der Waals surface area contributed by atoms with E-state index < -0.39 is 77.3 Å². The van der Waals surface area contributed by atoms with E-state index in [1.807, 2.05) is 0 Å². The van der Waals surface area contributed by atoms with Crippen molar-refractivity contribution in [3.8, 4) is 0 Å². The summed E-state index contributed by atoms with van der Waals surface area (Å²) in [6.07, 6.45) is -8.73. The number of hydrogen-bond donors (Lipinski definition) is 3. The fourth-order valence-electron chi connectivity index (χ4n) is 6.68. The van der Waals surface area contributed by atoms with Crippen LogP contribution < -0.4 is 11.0 Å². The van der Waals surface area contributed by atoms with Gasteiger partial charge in [0.1, 0.15) is 36.8 Å². The normalized spacial score (nSPS) is 37.5. The van der Waals surface area contributed by atoms with Crippen LogP contribution >= 0.6 is 14.9 Å². The maximum absolute atomic E-state index is 16.3. The molecule has 0 amide bonds. The summed E-state index contributed by atoms with van der Waals surface area (Å²) in [6.45, 7) is -0.749. The molecule has 25 heteroatoms. The zero-order valence-corrected chi connectivity index (χ0v) is 27.5. The van der Waals surface area contributed by atoms with Crippen LogP contribution in [0.2, 0.25) is 0 Å². The number of nitrogens with one attached hydrogen (secondary N) is 2. The second-order valence-electron chi connectivity index (χ2n) is 12.0. The van der Waals surface area contributed by atoms with Crippen molar-refractivity contribution in [1.29, 1.82) is 0 Å². The minimum absolute atomic E-state index is 0.215. The highest BCUT2D eigenvalue weighted by molar-refractivity contribution is 7.79. The van der Waals surface area contributed by atoms with Gasteiger partial charge in [0.25, 0.3) is 14.9 Å². The van der Waals surface area contributed by atoms with E-state index in [9.17, 15) is 14.2 Å². The largest absolute Gasteiger partial charge is 0.385 e. The number of rotatable bonds is 2. The van der Waals surface area contributed by atoms with E-state index in [2.05, 4.69) is 36.1 Å². The van der Waals surface area contributed by atoms with Crippen LogP contribution in [0.15, 0.2) is 18.6 Å². The molecule has 20 nitrogen and oxygen atoms in total. The minimum Gasteiger partial charge on any atom is -0.385 e. The highest BCUT2D eigenvalue weighted by atomic mass is 31.2. The van der Waals surface area contributed by atoms with Gasteiger partial charge in [-0.05, 0) is 6.07 Å². The number of aliphatic hydroxyl groups excluding tert-OH is 1. The van der Waals surface area contributed by atoms with Crippen LogP contribution in [-0.4, -0.2) is 118 Å². The topological polar surface area (TPSA) is 227 Å². The van der Waals surface area contributed by atoms with Crippen molar-refractivity contribution in [2.24, 2.45) is 0 Å². The van der Waals surface area contributed by atoms with Gasteiger partial charge in [0.2, 0.25) is 15.1 Å². The van der Waals surface area contributed by atoms with E-state index in [-0.39, 0.29) is 12.3 Å². The van der Waals surface area contributed by atoms with Crippen molar-refractivity contribution >= 4 is 63.7 Å². The zero-order chi connectivity index (χ0) is 34.4. The Bertz CT molecular complexity index is 1940. The highest BCUT2D eigenvalue weighted by Gasteiger charge is 2.54. The van der Waals surface area contributed by atoms with Gasteiger partial charge in [0.05, 0.1) is 54.3 Å². The molecule has 50 heavy (non-hydrogen) atoms. The van der Waals surface area contributed by atoms with E-state index in [1.54, 1.807) is 6.07 Å². The number of fused-ring (bicyclic) bond motifs is 2. The summed E-state index contributed by atoms with van der Waals surface area (Å²) in [5.74, 6) is 0.328. The summed E-state index contributed by atoms with van der Waals surface area (Å²) in [5, 5.41) is 21.7. The summed E-state index contributed by atoms with van der Waals surface area (Å²) in [7, 11) is 2.84. The second kappa shape index (κ2) is 12.3. The fourth-order valence-corrected chi connectivity index (χ4v) is 8.70. The summed E-state index contributed by atoms with van der Waals surface area (Å²) in [5.41, 5.74) is 7.85.